The fraction of sp³-hybridized carbons (Fsp3) is 0.774. The van der Waals surface area contributed by atoms with Gasteiger partial charge >= 0.3 is 0 Å². The van der Waals surface area contributed by atoms with Crippen molar-refractivity contribution < 1.29 is 18.3 Å². The summed E-state index contributed by atoms with van der Waals surface area (Å²) in [7, 11) is -1.96. The van der Waals surface area contributed by atoms with Crippen molar-refractivity contribution in [2.24, 2.45) is 40.9 Å². The third-order valence-electron chi connectivity index (χ3n) is 11.5. The fourth-order valence-corrected chi connectivity index (χ4v) is 11.0. The zero-order valence-corrected chi connectivity index (χ0v) is 24.4. The highest BCUT2D eigenvalue weighted by atomic mass is 32.2. The van der Waals surface area contributed by atoms with Gasteiger partial charge in [-0.25, -0.2) is 8.42 Å². The second-order valence-electron chi connectivity index (χ2n) is 13.2. The zero-order chi connectivity index (χ0) is 27.3. The van der Waals surface area contributed by atoms with E-state index >= 15 is 0 Å². The molecule has 210 valence electrons. The van der Waals surface area contributed by atoms with Crippen molar-refractivity contribution in [1.29, 1.82) is 5.26 Å². The van der Waals surface area contributed by atoms with Crippen molar-refractivity contribution in [3.8, 4) is 6.07 Å². The van der Waals surface area contributed by atoms with Gasteiger partial charge in [-0.2, -0.15) is 9.57 Å². The summed E-state index contributed by atoms with van der Waals surface area (Å²) < 4.78 is 34.3. The Morgan fingerprint density at radius 2 is 1.89 bits per heavy atom. The maximum atomic E-state index is 13.6. The van der Waals surface area contributed by atoms with E-state index in [1.54, 1.807) is 29.6 Å². The van der Waals surface area contributed by atoms with Crippen LogP contribution in [0.3, 0.4) is 0 Å². The van der Waals surface area contributed by atoms with E-state index in [2.05, 4.69) is 19.9 Å². The quantitative estimate of drug-likeness (QED) is 0.484. The van der Waals surface area contributed by atoms with Crippen LogP contribution in [0.1, 0.15) is 84.1 Å². The first-order valence-electron chi connectivity index (χ1n) is 14.8. The lowest BCUT2D eigenvalue weighted by Crippen LogP contribution is -2.53. The third-order valence-corrected chi connectivity index (χ3v) is 13.5. The Hall–Kier alpha value is -1.46. The topological polar surface area (TPSA) is 90.6 Å². The molecule has 4 saturated carbocycles. The second kappa shape index (κ2) is 10.5. The highest BCUT2D eigenvalue weighted by Crippen LogP contribution is 2.65. The summed E-state index contributed by atoms with van der Waals surface area (Å²) >= 11 is 0. The van der Waals surface area contributed by atoms with Gasteiger partial charge in [-0.3, -0.25) is 0 Å². The molecule has 5 rings (SSSR count). The van der Waals surface area contributed by atoms with E-state index in [1.165, 1.54) is 31.7 Å². The molecule has 1 N–H and O–H groups in total. The van der Waals surface area contributed by atoms with Gasteiger partial charge in [0.25, 0.3) is 0 Å². The van der Waals surface area contributed by atoms with Crippen LogP contribution in [0.5, 0.6) is 0 Å². The van der Waals surface area contributed by atoms with Crippen molar-refractivity contribution in [3.05, 3.63) is 29.8 Å². The van der Waals surface area contributed by atoms with E-state index in [1.807, 2.05) is 6.92 Å². The van der Waals surface area contributed by atoms with E-state index in [0.717, 1.165) is 43.9 Å². The van der Waals surface area contributed by atoms with Crippen LogP contribution < -0.4 is 0 Å². The molecular weight excluding hydrogens is 496 g/mol. The van der Waals surface area contributed by atoms with E-state index < -0.39 is 15.6 Å². The zero-order valence-electron chi connectivity index (χ0n) is 23.6. The smallest absolute Gasteiger partial charge is 0.243 e. The van der Waals surface area contributed by atoms with Crippen LogP contribution in [-0.4, -0.2) is 49.7 Å². The Balaban J connectivity index is 1.30. The lowest BCUT2D eigenvalue weighted by molar-refractivity contribution is -0.129. The number of hydrogen-bond donors (Lipinski definition) is 1. The Labute approximate surface area is 229 Å². The Morgan fingerprint density at radius 1 is 1.13 bits per heavy atom. The molecule has 9 atom stereocenters. The third kappa shape index (κ3) is 4.74. The number of ether oxygens (including phenoxy) is 1. The molecule has 0 radical (unpaired) electrons. The van der Waals surface area contributed by atoms with Crippen LogP contribution in [0.4, 0.5) is 0 Å². The first kappa shape index (κ1) is 28.1. The van der Waals surface area contributed by atoms with Crippen LogP contribution in [0.15, 0.2) is 29.2 Å². The lowest BCUT2D eigenvalue weighted by atomic mass is 9.48. The van der Waals surface area contributed by atoms with Crippen molar-refractivity contribution in [1.82, 2.24) is 4.31 Å². The van der Waals surface area contributed by atoms with Crippen LogP contribution in [0.25, 0.3) is 0 Å². The molecule has 4 aliphatic carbocycles. The average molecular weight is 543 g/mol. The Bertz CT molecular complexity index is 1160. The molecule has 0 amide bonds. The summed E-state index contributed by atoms with van der Waals surface area (Å²) in [6.45, 7) is 7.66. The van der Waals surface area contributed by atoms with Crippen LogP contribution in [0, 0.1) is 52.3 Å². The van der Waals surface area contributed by atoms with E-state index in [0.29, 0.717) is 42.4 Å². The summed E-state index contributed by atoms with van der Waals surface area (Å²) in [4.78, 5) is 0.203. The van der Waals surface area contributed by atoms with Gasteiger partial charge in [0.2, 0.25) is 10.0 Å². The lowest BCUT2D eigenvalue weighted by Gasteiger charge is -2.57. The maximum Gasteiger partial charge on any atom is 0.243 e. The number of hydrogen-bond acceptors (Lipinski definition) is 5. The predicted octanol–water partition coefficient (Wildman–Crippen LogP) is 5.60. The molecule has 1 aromatic rings. The molecular formula is C31H46N2O4S. The van der Waals surface area contributed by atoms with Gasteiger partial charge < -0.3 is 9.84 Å². The number of rotatable bonds is 7. The molecule has 0 aromatic heterocycles. The van der Waals surface area contributed by atoms with Gasteiger partial charge in [0.05, 0.1) is 28.7 Å². The molecule has 0 spiro atoms. The predicted molar refractivity (Wildman–Crippen MR) is 148 cm³/mol. The molecule has 7 heteroatoms. The maximum absolute atomic E-state index is 13.6. The number of sulfonamides is 1. The van der Waals surface area contributed by atoms with E-state index in [4.69, 9.17) is 4.74 Å². The van der Waals surface area contributed by atoms with Gasteiger partial charge in [-0.05, 0) is 131 Å². The van der Waals surface area contributed by atoms with Crippen molar-refractivity contribution >= 4 is 10.0 Å². The van der Waals surface area contributed by atoms with Gasteiger partial charge in [-0.1, -0.05) is 13.0 Å². The highest BCUT2D eigenvalue weighted by Gasteiger charge is 2.59. The summed E-state index contributed by atoms with van der Waals surface area (Å²) in [6, 6.07) is 8.34. The van der Waals surface area contributed by atoms with Crippen LogP contribution >= 0.6 is 0 Å². The fourth-order valence-electron chi connectivity index (χ4n) is 9.58. The first-order valence-corrected chi connectivity index (χ1v) is 16.3. The number of fused-ring (bicyclic) bond motifs is 5. The van der Waals surface area contributed by atoms with Gasteiger partial charge in [-0.15, -0.1) is 0 Å². The summed E-state index contributed by atoms with van der Waals surface area (Å²) in [5.41, 5.74) is -0.132. The highest BCUT2D eigenvalue weighted by molar-refractivity contribution is 7.89. The van der Waals surface area contributed by atoms with Crippen LogP contribution in [-0.2, 0) is 14.8 Å². The molecule has 0 heterocycles. The summed E-state index contributed by atoms with van der Waals surface area (Å²) in [5.74, 6) is 3.76. The van der Waals surface area contributed by atoms with Crippen LogP contribution in [0.2, 0.25) is 0 Å². The number of nitrogens with zero attached hydrogens (tertiary/aromatic N) is 2. The summed E-state index contributed by atoms with van der Waals surface area (Å²) in [6.07, 6.45) is 9.96. The Morgan fingerprint density at radius 3 is 2.63 bits per heavy atom. The van der Waals surface area contributed by atoms with E-state index in [9.17, 15) is 18.8 Å². The average Bonchev–Trinajstić information content (AvgIpc) is 3.28. The number of nitriles is 1. The monoisotopic (exact) mass is 542 g/mol. The molecule has 0 bridgehead atoms. The SMILES string of the molecule is CCOC[C@@]1(O)CC[C@H]2[C@H](CC[C@@H]3[C@@H]2CC[C@]2(C)[C@@H]([C@@H](C)N(C)S(=O)(=O)c4cccc(C#N)c4)CC[C@@H]32)C1. The minimum absolute atomic E-state index is 0.100. The standard InChI is InChI=1S/C31H46N2O4S/c1-5-37-20-31(34)16-14-25-23(18-31)9-10-27-26(25)13-15-30(3)28(11-12-29(27)30)21(2)33(4)38(35,36)24-8-6-7-22(17-24)19-32/h6-8,17,21,23,25-29,34H,5,9-16,18,20H2,1-4H3/t21-,23-,25+,26-,27-,28-,29+,30-,31-/m1/s1. The van der Waals surface area contributed by atoms with Gasteiger partial charge in [0.1, 0.15) is 0 Å². The second-order valence-corrected chi connectivity index (χ2v) is 15.2. The number of aliphatic hydroxyl groups is 1. The van der Waals surface area contributed by atoms with Gasteiger partial charge in [0.15, 0.2) is 0 Å². The molecule has 0 aliphatic heterocycles. The molecule has 6 nitrogen and oxygen atoms in total. The number of benzene rings is 1. The molecule has 4 aliphatic rings. The minimum atomic E-state index is -3.68. The van der Waals surface area contributed by atoms with Gasteiger partial charge in [0, 0.05) is 19.7 Å². The Kier molecular flexibility index (Phi) is 7.76. The van der Waals surface area contributed by atoms with Crippen molar-refractivity contribution in [3.63, 3.8) is 0 Å². The molecule has 38 heavy (non-hydrogen) atoms. The summed E-state index contributed by atoms with van der Waals surface area (Å²) in [5, 5.41) is 20.4. The molecule has 0 unspecified atom stereocenters. The van der Waals surface area contributed by atoms with E-state index in [-0.39, 0.29) is 16.4 Å². The molecule has 0 saturated heterocycles. The largest absolute Gasteiger partial charge is 0.387 e. The molecule has 1 aromatic carbocycles. The van der Waals surface area contributed by atoms with Crippen molar-refractivity contribution in [2.45, 2.75) is 95.1 Å². The normalized spacial score (nSPS) is 39.6. The minimum Gasteiger partial charge on any atom is -0.387 e. The first-order chi connectivity index (χ1) is 18.0. The molecule has 4 fully saturated rings. The van der Waals surface area contributed by atoms with Crippen molar-refractivity contribution in [2.75, 3.05) is 20.3 Å².